The van der Waals surface area contributed by atoms with Crippen molar-refractivity contribution in [3.05, 3.63) is 34.0 Å². The first-order valence-electron chi connectivity index (χ1n) is 9.23. The molecule has 0 saturated carbocycles. The number of ether oxygens (including phenoxy) is 2. The Morgan fingerprint density at radius 3 is 2.39 bits per heavy atom. The molecule has 31 heavy (non-hydrogen) atoms. The topological polar surface area (TPSA) is 190 Å². The summed E-state index contributed by atoms with van der Waals surface area (Å²) in [5, 5.41) is 70.6. The van der Waals surface area contributed by atoms with Gasteiger partial charge in [0.2, 0.25) is 11.2 Å². The molecule has 1 aliphatic heterocycles. The molecule has 7 N–H and O–H groups in total. The van der Waals surface area contributed by atoms with Crippen molar-refractivity contribution in [2.45, 2.75) is 30.5 Å². The lowest BCUT2D eigenvalue weighted by Crippen LogP contribution is -2.55. The second-order valence-corrected chi connectivity index (χ2v) is 7.21. The van der Waals surface area contributed by atoms with Gasteiger partial charge in [0.05, 0.1) is 24.7 Å². The Bertz CT molecular complexity index is 1220. The van der Waals surface area contributed by atoms with E-state index in [1.54, 1.807) is 0 Å². The summed E-state index contributed by atoms with van der Waals surface area (Å²) in [6.07, 6.45) is -8.07. The van der Waals surface area contributed by atoms with Gasteiger partial charge < -0.3 is 49.6 Å². The largest absolute Gasteiger partial charge is 0.507 e. The lowest BCUT2D eigenvalue weighted by Gasteiger charge is -2.40. The number of aliphatic hydroxyl groups is 4. The maximum absolute atomic E-state index is 13.1. The molecule has 0 aliphatic carbocycles. The average Bonchev–Trinajstić information content (AvgIpc) is 2.73. The van der Waals surface area contributed by atoms with E-state index in [0.29, 0.717) is 0 Å². The molecule has 2 aromatic carbocycles. The lowest BCUT2D eigenvalue weighted by molar-refractivity contribution is -0.232. The lowest BCUT2D eigenvalue weighted by atomic mass is 9.89. The van der Waals surface area contributed by atoms with Gasteiger partial charge in [-0.2, -0.15) is 0 Å². The van der Waals surface area contributed by atoms with Gasteiger partial charge in [-0.05, 0) is 12.1 Å². The molecule has 11 nitrogen and oxygen atoms in total. The molecule has 3 aromatic rings. The van der Waals surface area contributed by atoms with Gasteiger partial charge in [0.1, 0.15) is 53.0 Å². The van der Waals surface area contributed by atoms with Crippen LogP contribution in [0.15, 0.2) is 27.4 Å². The maximum atomic E-state index is 13.1. The Hall–Kier alpha value is -3.09. The van der Waals surface area contributed by atoms with Crippen LogP contribution in [0.5, 0.6) is 23.0 Å². The fraction of sp³-hybridized carbons (Fsp3) is 0.350. The molecule has 166 valence electrons. The monoisotopic (exact) mass is 436 g/mol. The van der Waals surface area contributed by atoms with Crippen LogP contribution in [0.3, 0.4) is 0 Å². The molecular formula is C20H20O11. The molecule has 0 radical (unpaired) electrons. The van der Waals surface area contributed by atoms with Crippen LogP contribution in [0.25, 0.3) is 21.9 Å². The van der Waals surface area contributed by atoms with Gasteiger partial charge in [-0.3, -0.25) is 4.79 Å². The van der Waals surface area contributed by atoms with Gasteiger partial charge in [0.25, 0.3) is 0 Å². The second kappa shape index (κ2) is 7.55. The fourth-order valence-electron chi connectivity index (χ4n) is 3.84. The second-order valence-electron chi connectivity index (χ2n) is 7.21. The Morgan fingerprint density at radius 1 is 1.03 bits per heavy atom. The molecule has 0 spiro atoms. The predicted molar refractivity (Wildman–Crippen MR) is 104 cm³/mol. The number of aliphatic hydroxyl groups excluding tert-OH is 4. The maximum Gasteiger partial charge on any atom is 0.204 e. The summed E-state index contributed by atoms with van der Waals surface area (Å²) in [6.45, 7) is -0.716. The number of methoxy groups -OCH3 is 1. The van der Waals surface area contributed by atoms with Crippen molar-refractivity contribution in [2.24, 2.45) is 0 Å². The standard InChI is InChI=1S/C20H20O11/c1-29-19-7(22)3-2-6-13(24)12-9(30-18(6)19)4-8(23)11(15(12)26)20-17(28)16(27)14(25)10(5-21)31-20/h2-4,10,14,16-17,20-23,25-28H,5H2,1H3/t10-,14-,16+,17-,20-/m1/s1. The van der Waals surface area contributed by atoms with Gasteiger partial charge in [-0.15, -0.1) is 0 Å². The third-order valence-corrected chi connectivity index (χ3v) is 5.44. The molecule has 1 aliphatic rings. The third-order valence-electron chi connectivity index (χ3n) is 5.44. The molecule has 0 amide bonds. The molecule has 11 heteroatoms. The number of aromatic hydroxyl groups is 3. The first-order valence-corrected chi connectivity index (χ1v) is 9.23. The van der Waals surface area contributed by atoms with Gasteiger partial charge in [-0.1, -0.05) is 0 Å². The summed E-state index contributed by atoms with van der Waals surface area (Å²) < 4.78 is 16.1. The zero-order valence-corrected chi connectivity index (χ0v) is 16.1. The zero-order valence-electron chi connectivity index (χ0n) is 16.1. The molecule has 0 bridgehead atoms. The molecule has 2 heterocycles. The van der Waals surface area contributed by atoms with Crippen molar-refractivity contribution in [3.8, 4) is 23.0 Å². The first-order chi connectivity index (χ1) is 14.7. The van der Waals surface area contributed by atoms with E-state index >= 15 is 0 Å². The quantitative estimate of drug-likeness (QED) is 0.264. The molecule has 4 rings (SSSR count). The van der Waals surface area contributed by atoms with Crippen molar-refractivity contribution in [1.82, 2.24) is 0 Å². The van der Waals surface area contributed by atoms with E-state index in [1.807, 2.05) is 0 Å². The van der Waals surface area contributed by atoms with Crippen molar-refractivity contribution in [1.29, 1.82) is 0 Å². The van der Waals surface area contributed by atoms with E-state index in [0.717, 1.165) is 6.07 Å². The van der Waals surface area contributed by atoms with Crippen LogP contribution in [-0.2, 0) is 4.74 Å². The van der Waals surface area contributed by atoms with Gasteiger partial charge in [0, 0.05) is 6.07 Å². The summed E-state index contributed by atoms with van der Waals surface area (Å²) >= 11 is 0. The van der Waals surface area contributed by atoms with Crippen LogP contribution in [0.2, 0.25) is 0 Å². The minimum absolute atomic E-state index is 0.0390. The van der Waals surface area contributed by atoms with Crippen LogP contribution in [0.1, 0.15) is 11.7 Å². The van der Waals surface area contributed by atoms with Crippen molar-refractivity contribution in [2.75, 3.05) is 13.7 Å². The Kier molecular flexibility index (Phi) is 5.15. The Labute approximate surface area is 173 Å². The van der Waals surface area contributed by atoms with Crippen molar-refractivity contribution < 1.29 is 49.6 Å². The average molecular weight is 436 g/mol. The molecular weight excluding hydrogens is 416 g/mol. The van der Waals surface area contributed by atoms with E-state index < -0.39 is 59.6 Å². The van der Waals surface area contributed by atoms with Crippen LogP contribution in [0.4, 0.5) is 0 Å². The van der Waals surface area contributed by atoms with Crippen molar-refractivity contribution >= 4 is 21.9 Å². The summed E-state index contributed by atoms with van der Waals surface area (Å²) in [6, 6.07) is 3.47. The van der Waals surface area contributed by atoms with Gasteiger partial charge in [0.15, 0.2) is 11.3 Å². The highest BCUT2D eigenvalue weighted by molar-refractivity contribution is 5.97. The summed E-state index contributed by atoms with van der Waals surface area (Å²) in [5.74, 6) is -1.82. The predicted octanol–water partition coefficient (Wildman–Crippen LogP) is -0.414. The van der Waals surface area contributed by atoms with E-state index in [4.69, 9.17) is 13.9 Å². The number of rotatable bonds is 3. The van der Waals surface area contributed by atoms with E-state index in [-0.39, 0.29) is 33.4 Å². The van der Waals surface area contributed by atoms with E-state index in [2.05, 4.69) is 0 Å². The third kappa shape index (κ3) is 3.06. The first kappa shape index (κ1) is 21.2. The summed E-state index contributed by atoms with van der Waals surface area (Å²) in [5.41, 5.74) is -1.51. The van der Waals surface area contributed by atoms with Crippen LogP contribution >= 0.6 is 0 Å². The minimum atomic E-state index is -1.79. The van der Waals surface area contributed by atoms with Crippen molar-refractivity contribution in [3.63, 3.8) is 0 Å². The number of hydrogen-bond acceptors (Lipinski definition) is 11. The minimum Gasteiger partial charge on any atom is -0.507 e. The Morgan fingerprint density at radius 2 is 1.74 bits per heavy atom. The molecule has 5 atom stereocenters. The molecule has 1 aromatic heterocycles. The number of phenolic OH excluding ortho intramolecular Hbond substituents is 3. The smallest absolute Gasteiger partial charge is 0.204 e. The van der Waals surface area contributed by atoms with E-state index in [9.17, 15) is 40.5 Å². The number of fused-ring (bicyclic) bond motifs is 2. The molecule has 0 unspecified atom stereocenters. The zero-order chi connectivity index (χ0) is 22.6. The van der Waals surface area contributed by atoms with Gasteiger partial charge >= 0.3 is 0 Å². The molecule has 1 fully saturated rings. The molecule has 1 saturated heterocycles. The fourth-order valence-corrected chi connectivity index (χ4v) is 3.84. The summed E-state index contributed by atoms with van der Waals surface area (Å²) in [7, 11) is 1.26. The SMILES string of the molecule is COc1c(O)ccc2c(=O)c3c(O)c([C@H]4O[C@H](CO)[C@@H](O)[C@H](O)[C@H]4O)c(O)cc3oc12. The van der Waals surface area contributed by atoms with Gasteiger partial charge in [-0.25, -0.2) is 0 Å². The summed E-state index contributed by atoms with van der Waals surface area (Å²) in [4.78, 5) is 13.1. The highest BCUT2D eigenvalue weighted by Gasteiger charge is 2.46. The number of benzene rings is 2. The highest BCUT2D eigenvalue weighted by atomic mass is 16.5. The van der Waals surface area contributed by atoms with Crippen LogP contribution < -0.4 is 10.2 Å². The van der Waals surface area contributed by atoms with Crippen LogP contribution in [-0.4, -0.2) is 73.9 Å². The van der Waals surface area contributed by atoms with Crippen LogP contribution in [0, 0.1) is 0 Å². The normalized spacial score (nSPS) is 26.4. The number of phenols is 3. The number of hydrogen-bond donors (Lipinski definition) is 7. The highest BCUT2D eigenvalue weighted by Crippen LogP contribution is 2.45. The Balaban J connectivity index is 1.99. The van der Waals surface area contributed by atoms with E-state index in [1.165, 1.54) is 19.2 Å².